The number of halogens is 1. The zero-order valence-electron chi connectivity index (χ0n) is 11.1. The molecule has 1 heterocycles. The molecule has 0 bridgehead atoms. The molecule has 0 radical (unpaired) electrons. The van der Waals surface area contributed by atoms with Crippen LogP contribution in [0.25, 0.3) is 0 Å². The monoisotopic (exact) mass is 328 g/mol. The first kappa shape index (κ1) is 15.6. The summed E-state index contributed by atoms with van der Waals surface area (Å²) in [6.45, 7) is 1.69. The lowest BCUT2D eigenvalue weighted by Gasteiger charge is -2.10. The van der Waals surface area contributed by atoms with Crippen LogP contribution in [0.4, 0.5) is 4.39 Å². The molecule has 0 aliphatic carbocycles. The summed E-state index contributed by atoms with van der Waals surface area (Å²) in [6.07, 6.45) is 0. The van der Waals surface area contributed by atoms with Gasteiger partial charge in [0.1, 0.15) is 22.3 Å². The van der Waals surface area contributed by atoms with E-state index in [2.05, 4.69) is 4.72 Å². The zero-order chi connectivity index (χ0) is 15.6. The molecule has 1 aromatic heterocycles. The van der Waals surface area contributed by atoms with Gasteiger partial charge in [0, 0.05) is 0 Å². The molecule has 0 fully saturated rings. The lowest BCUT2D eigenvalue weighted by Crippen LogP contribution is -2.26. The highest BCUT2D eigenvalue weighted by atomic mass is 32.2. The van der Waals surface area contributed by atoms with Crippen molar-refractivity contribution in [1.82, 2.24) is 4.72 Å². The molecule has 112 valence electrons. The third-order valence-corrected chi connectivity index (χ3v) is 4.39. The van der Waals surface area contributed by atoms with E-state index in [9.17, 15) is 12.8 Å². The van der Waals surface area contributed by atoms with Crippen molar-refractivity contribution in [2.75, 3.05) is 0 Å². The summed E-state index contributed by atoms with van der Waals surface area (Å²) in [7, 11) is -3.96. The van der Waals surface area contributed by atoms with Gasteiger partial charge in [-0.05, 0) is 31.2 Å². The number of rotatable bonds is 5. The second kappa shape index (κ2) is 5.92. The van der Waals surface area contributed by atoms with Gasteiger partial charge in [-0.1, -0.05) is 18.3 Å². The lowest BCUT2D eigenvalue weighted by atomic mass is 10.2. The highest BCUT2D eigenvalue weighted by Crippen LogP contribution is 2.19. The van der Waals surface area contributed by atoms with Crippen LogP contribution in [0.1, 0.15) is 17.1 Å². The maximum atomic E-state index is 13.7. The van der Waals surface area contributed by atoms with E-state index in [4.69, 9.17) is 22.4 Å². The van der Waals surface area contributed by atoms with E-state index in [-0.39, 0.29) is 22.0 Å². The van der Waals surface area contributed by atoms with Crippen molar-refractivity contribution in [1.29, 1.82) is 0 Å². The maximum absolute atomic E-state index is 13.7. The van der Waals surface area contributed by atoms with Gasteiger partial charge in [-0.3, -0.25) is 0 Å². The van der Waals surface area contributed by atoms with Gasteiger partial charge < -0.3 is 10.2 Å². The van der Waals surface area contributed by atoms with Crippen LogP contribution in [0.3, 0.4) is 0 Å². The number of hydrogen-bond donors (Lipinski definition) is 2. The van der Waals surface area contributed by atoms with Crippen molar-refractivity contribution >= 4 is 27.2 Å². The molecule has 0 atom stereocenters. The zero-order valence-corrected chi connectivity index (χ0v) is 12.7. The summed E-state index contributed by atoms with van der Waals surface area (Å²) in [5.74, 6) is 0.336. The fraction of sp³-hybridized carbons (Fsp3) is 0.154. The van der Waals surface area contributed by atoms with Gasteiger partial charge in [0.15, 0.2) is 0 Å². The third kappa shape index (κ3) is 3.46. The molecule has 8 heteroatoms. The minimum atomic E-state index is -3.96. The van der Waals surface area contributed by atoms with Crippen molar-refractivity contribution in [3.63, 3.8) is 0 Å². The minimum absolute atomic E-state index is 0.0521. The molecule has 0 aliphatic heterocycles. The summed E-state index contributed by atoms with van der Waals surface area (Å²) in [4.78, 5) is -0.611. The lowest BCUT2D eigenvalue weighted by molar-refractivity contribution is 0.475. The van der Waals surface area contributed by atoms with Crippen molar-refractivity contribution in [3.8, 4) is 0 Å². The van der Waals surface area contributed by atoms with Gasteiger partial charge in [0.05, 0.1) is 17.0 Å². The number of sulfonamides is 1. The van der Waals surface area contributed by atoms with E-state index < -0.39 is 15.8 Å². The van der Waals surface area contributed by atoms with Crippen LogP contribution in [0.5, 0.6) is 0 Å². The van der Waals surface area contributed by atoms with E-state index >= 15 is 0 Å². The van der Waals surface area contributed by atoms with E-state index in [0.717, 1.165) is 6.07 Å². The molecule has 21 heavy (non-hydrogen) atoms. The Kier molecular flexibility index (Phi) is 4.40. The minimum Gasteiger partial charge on any atom is -0.465 e. The average Bonchev–Trinajstić information content (AvgIpc) is 2.82. The van der Waals surface area contributed by atoms with E-state index in [1.165, 1.54) is 12.1 Å². The average molecular weight is 328 g/mol. The Hall–Kier alpha value is -1.77. The molecule has 0 spiro atoms. The molecule has 2 aromatic rings. The summed E-state index contributed by atoms with van der Waals surface area (Å²) in [5, 5.41) is 0. The fourth-order valence-electron chi connectivity index (χ4n) is 1.79. The van der Waals surface area contributed by atoms with Crippen LogP contribution in [0, 0.1) is 12.7 Å². The predicted octanol–water partition coefficient (Wildman–Crippen LogP) is 1.84. The summed E-state index contributed by atoms with van der Waals surface area (Å²) >= 11 is 4.71. The first-order valence-electron chi connectivity index (χ1n) is 5.94. The van der Waals surface area contributed by atoms with Crippen molar-refractivity contribution in [2.24, 2.45) is 5.73 Å². The van der Waals surface area contributed by atoms with E-state index in [1.807, 2.05) is 0 Å². The molecule has 0 saturated carbocycles. The third-order valence-electron chi connectivity index (χ3n) is 2.74. The Morgan fingerprint density at radius 3 is 2.67 bits per heavy atom. The number of thiocarbonyl (C=S) groups is 1. The normalized spacial score (nSPS) is 11.5. The molecular weight excluding hydrogens is 315 g/mol. The molecule has 0 unspecified atom stereocenters. The Balaban J connectivity index is 2.32. The summed E-state index contributed by atoms with van der Waals surface area (Å²) < 4.78 is 45.8. The highest BCUT2D eigenvalue weighted by molar-refractivity contribution is 7.89. The smallest absolute Gasteiger partial charge is 0.241 e. The number of hydrogen-bond acceptors (Lipinski definition) is 4. The van der Waals surface area contributed by atoms with Gasteiger partial charge in [-0.2, -0.15) is 0 Å². The van der Waals surface area contributed by atoms with Crippen LogP contribution in [-0.4, -0.2) is 13.4 Å². The number of aryl methyl sites for hydroxylation is 1. The number of nitrogens with two attached hydrogens (primary N) is 1. The summed E-state index contributed by atoms with van der Waals surface area (Å²) in [5.41, 5.74) is 5.11. The van der Waals surface area contributed by atoms with Crippen molar-refractivity contribution < 1.29 is 17.2 Å². The molecule has 1 aromatic carbocycles. The molecule has 2 rings (SSSR count). The second-order valence-electron chi connectivity index (χ2n) is 4.31. The Morgan fingerprint density at radius 2 is 2.10 bits per heavy atom. The Morgan fingerprint density at radius 1 is 1.38 bits per heavy atom. The van der Waals surface area contributed by atoms with Gasteiger partial charge in [-0.15, -0.1) is 0 Å². The fourth-order valence-corrected chi connectivity index (χ4v) is 3.29. The predicted molar refractivity (Wildman–Crippen MR) is 79.8 cm³/mol. The molecule has 3 N–H and O–H groups in total. The Bertz CT molecular complexity index is 784. The van der Waals surface area contributed by atoms with Crippen LogP contribution in [0.15, 0.2) is 39.6 Å². The molecule has 0 aliphatic rings. The van der Waals surface area contributed by atoms with E-state index in [1.54, 1.807) is 19.1 Å². The summed E-state index contributed by atoms with van der Waals surface area (Å²) in [6, 6.07) is 6.99. The Labute approximate surface area is 127 Å². The van der Waals surface area contributed by atoms with Crippen molar-refractivity contribution in [3.05, 3.63) is 53.2 Å². The SMILES string of the molecule is Cc1ccc(CNS(=O)(=O)c2cccc(F)c2C(N)=S)o1. The molecule has 0 amide bonds. The largest absolute Gasteiger partial charge is 0.465 e. The van der Waals surface area contributed by atoms with Gasteiger partial charge in [0.25, 0.3) is 0 Å². The standard InChI is InChI=1S/C13H13FN2O3S2/c1-8-5-6-9(19-8)7-16-21(17,18)11-4-2-3-10(14)12(11)13(15)20/h2-6,16H,7H2,1H3,(H2,15,20). The van der Waals surface area contributed by atoms with Gasteiger partial charge >= 0.3 is 0 Å². The molecular formula is C13H13FN2O3S2. The van der Waals surface area contributed by atoms with Crippen LogP contribution >= 0.6 is 12.2 Å². The number of furan rings is 1. The highest BCUT2D eigenvalue weighted by Gasteiger charge is 2.22. The van der Waals surface area contributed by atoms with Crippen molar-refractivity contribution in [2.45, 2.75) is 18.4 Å². The second-order valence-corrected chi connectivity index (χ2v) is 6.49. The molecule has 0 saturated heterocycles. The number of nitrogens with one attached hydrogen (secondary N) is 1. The topological polar surface area (TPSA) is 85.3 Å². The molecule has 5 nitrogen and oxygen atoms in total. The van der Waals surface area contributed by atoms with E-state index in [0.29, 0.717) is 11.5 Å². The first-order chi connectivity index (χ1) is 9.81. The quantitative estimate of drug-likeness (QED) is 0.818. The van der Waals surface area contributed by atoms with Gasteiger partial charge in [-0.25, -0.2) is 17.5 Å². The van der Waals surface area contributed by atoms with Crippen LogP contribution in [0.2, 0.25) is 0 Å². The van der Waals surface area contributed by atoms with Gasteiger partial charge in [0.2, 0.25) is 10.0 Å². The van der Waals surface area contributed by atoms with Crippen LogP contribution < -0.4 is 10.5 Å². The number of benzene rings is 1. The maximum Gasteiger partial charge on any atom is 0.241 e. The first-order valence-corrected chi connectivity index (χ1v) is 7.83. The van der Waals surface area contributed by atoms with Crippen LogP contribution in [-0.2, 0) is 16.6 Å².